The Bertz CT molecular complexity index is 281. The number of carboxylic acids is 1. The van der Waals surface area contributed by atoms with Gasteiger partial charge in [0.25, 0.3) is 0 Å². The zero-order valence-corrected chi connectivity index (χ0v) is 10.7. The van der Waals surface area contributed by atoms with Crippen molar-refractivity contribution in [3.63, 3.8) is 0 Å². The molecule has 0 bridgehead atoms. The van der Waals surface area contributed by atoms with Crippen molar-refractivity contribution in [2.75, 3.05) is 27.2 Å². The van der Waals surface area contributed by atoms with Crippen LogP contribution in [0.15, 0.2) is 12.3 Å². The van der Waals surface area contributed by atoms with Crippen molar-refractivity contribution < 1.29 is 9.90 Å². The molecular formula is C12H23N3O2. The first-order chi connectivity index (χ1) is 8.02. The van der Waals surface area contributed by atoms with Crippen molar-refractivity contribution >= 4 is 5.97 Å². The number of rotatable bonds is 7. The van der Waals surface area contributed by atoms with E-state index >= 15 is 0 Å². The molecule has 1 saturated heterocycles. The first kappa shape index (κ1) is 14.0. The minimum absolute atomic E-state index is 0.204. The number of carboxylic acid groups (broad SMARTS) is 1. The van der Waals surface area contributed by atoms with E-state index in [0.29, 0.717) is 18.6 Å². The summed E-state index contributed by atoms with van der Waals surface area (Å²) < 4.78 is 0. The fourth-order valence-electron chi connectivity index (χ4n) is 2.17. The summed E-state index contributed by atoms with van der Waals surface area (Å²) in [7, 11) is 3.85. The highest BCUT2D eigenvalue weighted by atomic mass is 16.4. The van der Waals surface area contributed by atoms with Crippen molar-refractivity contribution in [3.8, 4) is 0 Å². The maximum Gasteiger partial charge on any atom is 0.304 e. The van der Waals surface area contributed by atoms with Crippen LogP contribution < -0.4 is 10.6 Å². The highest BCUT2D eigenvalue weighted by Gasteiger charge is 2.25. The van der Waals surface area contributed by atoms with Crippen LogP contribution in [0.1, 0.15) is 19.3 Å². The number of hydrogen-bond donors (Lipinski definition) is 3. The molecule has 0 aromatic rings. The molecule has 2 unspecified atom stereocenters. The summed E-state index contributed by atoms with van der Waals surface area (Å²) in [5, 5.41) is 15.2. The Morgan fingerprint density at radius 3 is 2.88 bits per heavy atom. The lowest BCUT2D eigenvalue weighted by molar-refractivity contribution is -0.137. The van der Waals surface area contributed by atoms with Gasteiger partial charge in [-0.05, 0) is 19.9 Å². The second-order valence-electron chi connectivity index (χ2n) is 4.67. The number of aliphatic carboxylic acids is 1. The summed E-state index contributed by atoms with van der Waals surface area (Å²) in [6.45, 7) is 5.46. The zero-order chi connectivity index (χ0) is 12.8. The molecule has 1 rings (SSSR count). The average Bonchev–Trinajstić information content (AvgIpc) is 2.73. The lowest BCUT2D eigenvalue weighted by Crippen LogP contribution is -2.40. The molecule has 2 atom stereocenters. The van der Waals surface area contributed by atoms with Gasteiger partial charge < -0.3 is 20.6 Å². The highest BCUT2D eigenvalue weighted by molar-refractivity contribution is 5.66. The number of likely N-dealkylation sites (N-methyl/N-ethyl adjacent to an activating group) is 2. The number of nitrogens with zero attached hydrogens (tertiary/aromatic N) is 1. The Balaban J connectivity index is 2.25. The van der Waals surface area contributed by atoms with E-state index < -0.39 is 5.97 Å². The van der Waals surface area contributed by atoms with Crippen LogP contribution in [0.5, 0.6) is 0 Å². The zero-order valence-electron chi connectivity index (χ0n) is 10.7. The van der Waals surface area contributed by atoms with Crippen molar-refractivity contribution in [2.45, 2.75) is 31.3 Å². The monoisotopic (exact) mass is 241 g/mol. The van der Waals surface area contributed by atoms with Crippen LogP contribution in [0, 0.1) is 0 Å². The Labute approximate surface area is 103 Å². The minimum atomic E-state index is -0.738. The molecule has 98 valence electrons. The Hall–Kier alpha value is -1.07. The fraction of sp³-hybridized carbons (Fsp3) is 0.750. The van der Waals surface area contributed by atoms with Crippen LogP contribution >= 0.6 is 0 Å². The average molecular weight is 241 g/mol. The molecule has 1 aliphatic heterocycles. The number of hydrogen-bond acceptors (Lipinski definition) is 4. The summed E-state index contributed by atoms with van der Waals surface area (Å²) in [4.78, 5) is 12.5. The molecule has 0 radical (unpaired) electrons. The van der Waals surface area contributed by atoms with Crippen LogP contribution in [0.3, 0.4) is 0 Å². The molecule has 5 heteroatoms. The van der Waals surface area contributed by atoms with Gasteiger partial charge in [0.05, 0.1) is 6.42 Å². The van der Waals surface area contributed by atoms with Gasteiger partial charge in [-0.2, -0.15) is 0 Å². The number of carbonyl (C=O) groups is 1. The fourth-order valence-corrected chi connectivity index (χ4v) is 2.17. The van der Waals surface area contributed by atoms with E-state index in [2.05, 4.69) is 22.1 Å². The molecule has 0 spiro atoms. The summed E-state index contributed by atoms with van der Waals surface area (Å²) >= 11 is 0. The predicted octanol–water partition coefficient (Wildman–Crippen LogP) is 0.247. The first-order valence-corrected chi connectivity index (χ1v) is 6.06. The van der Waals surface area contributed by atoms with Gasteiger partial charge in [-0.1, -0.05) is 6.58 Å². The standard InChI is InChI=1S/C12H23N3O2/c1-9(13-2)11-5-4-10(14-11)8-15(3)7-6-12(16)17/h10-11,13-14H,1,4-8H2,2-3H3,(H,16,17). The second-order valence-corrected chi connectivity index (χ2v) is 4.67. The molecular weight excluding hydrogens is 218 g/mol. The molecule has 0 aliphatic carbocycles. The van der Waals surface area contributed by atoms with Crippen LogP contribution in [-0.4, -0.2) is 55.2 Å². The largest absolute Gasteiger partial charge is 0.481 e. The van der Waals surface area contributed by atoms with E-state index in [1.165, 1.54) is 0 Å². The molecule has 0 aromatic carbocycles. The van der Waals surface area contributed by atoms with Crippen molar-refractivity contribution in [1.82, 2.24) is 15.5 Å². The summed E-state index contributed by atoms with van der Waals surface area (Å²) in [6.07, 6.45) is 2.41. The van der Waals surface area contributed by atoms with E-state index in [1.807, 2.05) is 14.1 Å². The quantitative estimate of drug-likeness (QED) is 0.596. The molecule has 0 aromatic heterocycles. The van der Waals surface area contributed by atoms with E-state index in [-0.39, 0.29) is 6.42 Å². The van der Waals surface area contributed by atoms with Gasteiger partial charge in [0.2, 0.25) is 0 Å². The van der Waals surface area contributed by atoms with Crippen LogP contribution in [0.2, 0.25) is 0 Å². The summed E-state index contributed by atoms with van der Waals surface area (Å²) in [6, 6.07) is 0.779. The van der Waals surface area contributed by atoms with E-state index in [9.17, 15) is 4.79 Å². The third kappa shape index (κ3) is 4.75. The van der Waals surface area contributed by atoms with Crippen molar-refractivity contribution in [1.29, 1.82) is 0 Å². The molecule has 17 heavy (non-hydrogen) atoms. The maximum atomic E-state index is 10.5. The summed E-state index contributed by atoms with van der Waals surface area (Å²) in [5.74, 6) is -0.738. The molecule has 1 heterocycles. The maximum absolute atomic E-state index is 10.5. The third-order valence-corrected chi connectivity index (χ3v) is 3.22. The van der Waals surface area contributed by atoms with Gasteiger partial charge in [-0.3, -0.25) is 4.79 Å². The van der Waals surface area contributed by atoms with E-state index in [1.54, 1.807) is 0 Å². The normalized spacial score (nSPS) is 23.9. The Morgan fingerprint density at radius 2 is 2.29 bits per heavy atom. The van der Waals surface area contributed by atoms with Gasteiger partial charge >= 0.3 is 5.97 Å². The Morgan fingerprint density at radius 1 is 1.59 bits per heavy atom. The molecule has 3 N–H and O–H groups in total. The smallest absolute Gasteiger partial charge is 0.304 e. The van der Waals surface area contributed by atoms with Crippen molar-refractivity contribution in [3.05, 3.63) is 12.3 Å². The van der Waals surface area contributed by atoms with Gasteiger partial charge in [0.1, 0.15) is 0 Å². The third-order valence-electron chi connectivity index (χ3n) is 3.22. The van der Waals surface area contributed by atoms with Crippen LogP contribution in [0.25, 0.3) is 0 Å². The van der Waals surface area contributed by atoms with Gasteiger partial charge in [-0.25, -0.2) is 0 Å². The second kappa shape index (κ2) is 6.61. The highest BCUT2D eigenvalue weighted by Crippen LogP contribution is 2.16. The van der Waals surface area contributed by atoms with Gasteiger partial charge in [0.15, 0.2) is 0 Å². The van der Waals surface area contributed by atoms with E-state index in [0.717, 1.165) is 25.1 Å². The SMILES string of the molecule is C=C(NC)C1CCC(CN(C)CCC(=O)O)N1. The van der Waals surface area contributed by atoms with Crippen LogP contribution in [0.4, 0.5) is 0 Å². The minimum Gasteiger partial charge on any atom is -0.481 e. The Kier molecular flexibility index (Phi) is 5.44. The van der Waals surface area contributed by atoms with Gasteiger partial charge in [-0.15, -0.1) is 0 Å². The molecule has 0 amide bonds. The van der Waals surface area contributed by atoms with Crippen molar-refractivity contribution in [2.24, 2.45) is 0 Å². The van der Waals surface area contributed by atoms with Gasteiger partial charge in [0, 0.05) is 37.9 Å². The lowest BCUT2D eigenvalue weighted by atomic mass is 10.1. The molecule has 5 nitrogen and oxygen atoms in total. The molecule has 1 aliphatic rings. The predicted molar refractivity (Wildman–Crippen MR) is 67.9 cm³/mol. The summed E-state index contributed by atoms with van der Waals surface area (Å²) in [5.41, 5.74) is 1.03. The first-order valence-electron chi connectivity index (χ1n) is 6.06. The van der Waals surface area contributed by atoms with E-state index in [4.69, 9.17) is 5.11 Å². The molecule has 1 fully saturated rings. The van der Waals surface area contributed by atoms with Crippen LogP contribution in [-0.2, 0) is 4.79 Å². The topological polar surface area (TPSA) is 64.6 Å². The number of nitrogens with one attached hydrogen (secondary N) is 2. The lowest BCUT2D eigenvalue weighted by Gasteiger charge is -2.21. The molecule has 0 saturated carbocycles.